The van der Waals surface area contributed by atoms with E-state index in [1.54, 1.807) is 0 Å². The molecule has 94 valence electrons. The summed E-state index contributed by atoms with van der Waals surface area (Å²) in [5.74, 6) is 0.479. The highest BCUT2D eigenvalue weighted by Crippen LogP contribution is 2.30. The van der Waals surface area contributed by atoms with Crippen molar-refractivity contribution in [2.24, 2.45) is 0 Å². The fraction of sp³-hybridized carbons (Fsp3) is 0.455. The normalized spacial score (nSPS) is 33.6. The van der Waals surface area contributed by atoms with Crippen molar-refractivity contribution < 1.29 is 4.43 Å². The lowest BCUT2D eigenvalue weighted by Crippen LogP contribution is -2.49. The van der Waals surface area contributed by atoms with Crippen LogP contribution in [0, 0.1) is 0 Å². The van der Waals surface area contributed by atoms with Gasteiger partial charge in [-0.1, -0.05) is 35.9 Å². The Morgan fingerprint density at radius 3 is 2.59 bits per heavy atom. The molecule has 0 radical (unpaired) electrons. The fourth-order valence-corrected chi connectivity index (χ4v) is 6.64. The maximum Gasteiger partial charge on any atom is 0.212 e. The van der Waals surface area contributed by atoms with E-state index in [1.807, 2.05) is 18.2 Å². The van der Waals surface area contributed by atoms with Crippen LogP contribution in [0.3, 0.4) is 0 Å². The number of hydrogen-bond acceptors (Lipinski definition) is 1. The van der Waals surface area contributed by atoms with Gasteiger partial charge < -0.3 is 4.43 Å². The Bertz CT molecular complexity index is 377. The molecule has 1 aliphatic heterocycles. The predicted octanol–water partition coefficient (Wildman–Crippen LogP) is 3.17. The van der Waals surface area contributed by atoms with Gasteiger partial charge in [-0.15, -0.1) is 34.8 Å². The first-order chi connectivity index (χ1) is 8.13. The van der Waals surface area contributed by atoms with Crippen molar-refractivity contribution in [1.29, 1.82) is 0 Å². The van der Waals surface area contributed by atoms with Gasteiger partial charge in [-0.25, -0.2) is 0 Å². The summed E-state index contributed by atoms with van der Waals surface area (Å²) in [5, 5.41) is 0.723. The Morgan fingerprint density at radius 1 is 1.24 bits per heavy atom. The topological polar surface area (TPSA) is 9.23 Å². The van der Waals surface area contributed by atoms with Gasteiger partial charge in [-0.05, 0) is 16.8 Å². The van der Waals surface area contributed by atoms with Crippen LogP contribution in [0.25, 0.3) is 0 Å². The van der Waals surface area contributed by atoms with Crippen molar-refractivity contribution in [2.75, 3.05) is 0 Å². The molecule has 4 unspecified atom stereocenters. The van der Waals surface area contributed by atoms with Crippen LogP contribution < -0.4 is 5.19 Å². The van der Waals surface area contributed by atoms with Crippen molar-refractivity contribution in [3.63, 3.8) is 0 Å². The van der Waals surface area contributed by atoms with Crippen molar-refractivity contribution in [3.8, 4) is 0 Å². The van der Waals surface area contributed by atoms with Gasteiger partial charge >= 0.3 is 0 Å². The largest absolute Gasteiger partial charge is 0.398 e. The van der Waals surface area contributed by atoms with E-state index in [2.05, 4.69) is 6.07 Å². The Labute approximate surface area is 123 Å². The van der Waals surface area contributed by atoms with Crippen LogP contribution in [0.5, 0.6) is 0 Å². The van der Waals surface area contributed by atoms with E-state index in [-0.39, 0.29) is 10.8 Å². The molecular weight excluding hydrogens is 318 g/mol. The third-order valence-corrected chi connectivity index (χ3v) is 8.06. The highest BCUT2D eigenvalue weighted by molar-refractivity contribution is 6.70. The van der Waals surface area contributed by atoms with Crippen LogP contribution in [-0.4, -0.2) is 25.4 Å². The summed E-state index contributed by atoms with van der Waals surface area (Å²) >= 11 is 24.3. The predicted molar refractivity (Wildman–Crippen MR) is 77.6 cm³/mol. The van der Waals surface area contributed by atoms with Crippen LogP contribution in [0.15, 0.2) is 24.3 Å². The molecule has 0 amide bonds. The van der Waals surface area contributed by atoms with E-state index < -0.39 is 14.6 Å². The first kappa shape index (κ1) is 14.0. The molecule has 0 N–H and O–H groups in total. The molecule has 0 bridgehead atoms. The molecule has 1 fully saturated rings. The molecule has 4 atom stereocenters. The summed E-state index contributed by atoms with van der Waals surface area (Å²) in [5.41, 5.74) is 0.597. The molecule has 1 aromatic carbocycles. The number of rotatable bonds is 2. The van der Waals surface area contributed by atoms with Gasteiger partial charge in [0.1, 0.15) is 5.56 Å². The van der Waals surface area contributed by atoms with Gasteiger partial charge in [0.15, 0.2) is 0 Å². The Balaban J connectivity index is 2.22. The second-order valence-electron chi connectivity index (χ2n) is 4.00. The zero-order chi connectivity index (χ0) is 12.4. The first-order valence-corrected chi connectivity index (χ1v) is 9.06. The molecule has 0 aromatic heterocycles. The minimum Gasteiger partial charge on any atom is -0.398 e. The molecule has 1 aromatic rings. The molecule has 2 rings (SSSR count). The Morgan fingerprint density at radius 2 is 1.94 bits per heavy atom. The third kappa shape index (κ3) is 3.12. The Kier molecular flexibility index (Phi) is 5.04. The lowest BCUT2D eigenvalue weighted by Gasteiger charge is -2.33. The summed E-state index contributed by atoms with van der Waals surface area (Å²) in [4.78, 5) is 0. The van der Waals surface area contributed by atoms with E-state index in [4.69, 9.17) is 50.8 Å². The molecular formula is C11H12Cl4OSi. The number of alkyl halides is 4. The molecule has 1 saturated heterocycles. The SMILES string of the molecule is ClCc1ccccc1[SiH]1CC(Cl)C(Cl)C(Cl)O1. The smallest absolute Gasteiger partial charge is 0.212 e. The van der Waals surface area contributed by atoms with Gasteiger partial charge in [0.05, 0.1) is 10.8 Å². The molecule has 1 nitrogen and oxygen atoms in total. The number of benzene rings is 1. The van der Waals surface area contributed by atoms with E-state index in [9.17, 15) is 0 Å². The van der Waals surface area contributed by atoms with Crippen molar-refractivity contribution in [2.45, 2.75) is 28.2 Å². The lowest BCUT2D eigenvalue weighted by atomic mass is 10.2. The molecule has 17 heavy (non-hydrogen) atoms. The summed E-state index contributed by atoms with van der Waals surface area (Å²) < 4.78 is 5.83. The summed E-state index contributed by atoms with van der Waals surface area (Å²) in [7, 11) is -1.63. The molecule has 0 aliphatic carbocycles. The van der Waals surface area contributed by atoms with Crippen LogP contribution in [-0.2, 0) is 10.3 Å². The minimum atomic E-state index is -1.63. The zero-order valence-corrected chi connectivity index (χ0v) is 13.1. The zero-order valence-electron chi connectivity index (χ0n) is 8.95. The average molecular weight is 330 g/mol. The molecule has 0 saturated carbocycles. The van der Waals surface area contributed by atoms with Crippen LogP contribution >= 0.6 is 46.4 Å². The fourth-order valence-electron chi connectivity index (χ4n) is 1.96. The van der Waals surface area contributed by atoms with Gasteiger partial charge in [-0.2, -0.15) is 0 Å². The molecule has 6 heteroatoms. The van der Waals surface area contributed by atoms with Gasteiger partial charge in [0.25, 0.3) is 0 Å². The minimum absolute atomic E-state index is 0.132. The third-order valence-electron chi connectivity index (χ3n) is 2.88. The molecule has 1 heterocycles. The number of halogens is 4. The average Bonchev–Trinajstić information content (AvgIpc) is 2.35. The maximum atomic E-state index is 6.21. The summed E-state index contributed by atoms with van der Waals surface area (Å²) in [6, 6.07) is 8.81. The van der Waals surface area contributed by atoms with E-state index in [0.717, 1.165) is 11.6 Å². The van der Waals surface area contributed by atoms with E-state index >= 15 is 0 Å². The van der Waals surface area contributed by atoms with Crippen LogP contribution in [0.4, 0.5) is 0 Å². The summed E-state index contributed by atoms with van der Waals surface area (Å²) in [6.07, 6.45) is 0. The van der Waals surface area contributed by atoms with Crippen molar-refractivity contribution in [1.82, 2.24) is 0 Å². The van der Waals surface area contributed by atoms with Gasteiger partial charge in [0, 0.05) is 5.88 Å². The lowest BCUT2D eigenvalue weighted by molar-refractivity contribution is 0.260. The van der Waals surface area contributed by atoms with Crippen LogP contribution in [0.2, 0.25) is 6.04 Å². The number of hydrogen-bond donors (Lipinski definition) is 0. The molecule has 1 aliphatic rings. The van der Waals surface area contributed by atoms with E-state index in [0.29, 0.717) is 5.88 Å². The quantitative estimate of drug-likeness (QED) is 0.598. The Hall–Kier alpha value is 0.557. The second-order valence-corrected chi connectivity index (χ2v) is 8.11. The highest BCUT2D eigenvalue weighted by Gasteiger charge is 2.37. The van der Waals surface area contributed by atoms with Crippen molar-refractivity contribution >= 4 is 60.6 Å². The standard InChI is InChI=1S/C11H12Cl4OSi/c12-5-7-3-1-2-4-9(7)17-6-8(13)10(14)11(15)16-17/h1-4,8,10-11,17H,5-6H2. The van der Waals surface area contributed by atoms with Gasteiger partial charge in [-0.3, -0.25) is 0 Å². The maximum absolute atomic E-state index is 6.21. The van der Waals surface area contributed by atoms with E-state index in [1.165, 1.54) is 5.19 Å². The highest BCUT2D eigenvalue weighted by atomic mass is 35.5. The van der Waals surface area contributed by atoms with Crippen LogP contribution in [0.1, 0.15) is 5.56 Å². The monoisotopic (exact) mass is 328 g/mol. The summed E-state index contributed by atoms with van der Waals surface area (Å²) in [6.45, 7) is 0. The van der Waals surface area contributed by atoms with Gasteiger partial charge in [0.2, 0.25) is 9.04 Å². The second kappa shape index (κ2) is 6.13. The molecule has 0 spiro atoms. The van der Waals surface area contributed by atoms with Crippen molar-refractivity contribution in [3.05, 3.63) is 29.8 Å². The first-order valence-electron chi connectivity index (χ1n) is 5.35.